The molecule has 2 heterocycles. The van der Waals surface area contributed by atoms with Crippen molar-refractivity contribution in [2.75, 3.05) is 39.5 Å². The van der Waals surface area contributed by atoms with Crippen molar-refractivity contribution in [3.05, 3.63) is 0 Å². The van der Waals surface area contributed by atoms with Gasteiger partial charge in [-0.25, -0.2) is 0 Å². The zero-order chi connectivity index (χ0) is 12.3. The van der Waals surface area contributed by atoms with E-state index in [1.807, 2.05) is 0 Å². The van der Waals surface area contributed by atoms with E-state index in [9.17, 15) is 0 Å². The smallest absolute Gasteiger partial charge is 0.0674 e. The molecular formula is C13H26N2O2. The number of nitrogens with two attached hydrogens (primary N) is 1. The summed E-state index contributed by atoms with van der Waals surface area (Å²) in [5.41, 5.74) is 6.14. The Labute approximate surface area is 104 Å². The maximum atomic E-state index is 6.08. The molecule has 17 heavy (non-hydrogen) atoms. The highest BCUT2D eigenvalue weighted by atomic mass is 16.5. The van der Waals surface area contributed by atoms with Crippen LogP contribution in [0, 0.1) is 5.92 Å². The molecule has 2 aliphatic rings. The largest absolute Gasteiger partial charge is 0.381 e. The van der Waals surface area contributed by atoms with Crippen molar-refractivity contribution in [2.45, 2.75) is 38.3 Å². The number of rotatable bonds is 3. The van der Waals surface area contributed by atoms with Crippen LogP contribution in [-0.4, -0.2) is 56.0 Å². The molecule has 0 aromatic rings. The normalized spacial score (nSPS) is 35.5. The lowest BCUT2D eigenvalue weighted by molar-refractivity contribution is 0.0159. The van der Waals surface area contributed by atoms with Gasteiger partial charge >= 0.3 is 0 Å². The molecule has 0 radical (unpaired) electrons. The summed E-state index contributed by atoms with van der Waals surface area (Å²) in [4.78, 5) is 2.53. The van der Waals surface area contributed by atoms with E-state index in [0.717, 1.165) is 45.8 Å². The van der Waals surface area contributed by atoms with Crippen LogP contribution in [0.3, 0.4) is 0 Å². The van der Waals surface area contributed by atoms with E-state index >= 15 is 0 Å². The lowest BCUT2D eigenvalue weighted by Gasteiger charge is -2.44. The van der Waals surface area contributed by atoms with Gasteiger partial charge in [-0.2, -0.15) is 0 Å². The van der Waals surface area contributed by atoms with E-state index in [1.165, 1.54) is 0 Å². The minimum absolute atomic E-state index is 0.0679. The Kier molecular flexibility index (Phi) is 4.42. The Balaban J connectivity index is 2.08. The molecule has 2 N–H and O–H groups in total. The zero-order valence-electron chi connectivity index (χ0n) is 11.2. The van der Waals surface area contributed by atoms with Crippen LogP contribution >= 0.6 is 0 Å². The lowest BCUT2D eigenvalue weighted by Crippen LogP contribution is -2.58. The minimum Gasteiger partial charge on any atom is -0.381 e. The summed E-state index contributed by atoms with van der Waals surface area (Å²) in [6.07, 6.45) is 2.55. The van der Waals surface area contributed by atoms with E-state index in [4.69, 9.17) is 15.2 Å². The fraction of sp³-hybridized carbons (Fsp3) is 1.00. The van der Waals surface area contributed by atoms with Gasteiger partial charge in [-0.15, -0.1) is 0 Å². The highest BCUT2D eigenvalue weighted by Gasteiger charge is 2.41. The molecule has 3 unspecified atom stereocenters. The Hall–Kier alpha value is -0.160. The van der Waals surface area contributed by atoms with Gasteiger partial charge in [-0.1, -0.05) is 0 Å². The maximum absolute atomic E-state index is 6.08. The van der Waals surface area contributed by atoms with E-state index in [1.54, 1.807) is 0 Å². The highest BCUT2D eigenvalue weighted by Crippen LogP contribution is 2.31. The Morgan fingerprint density at radius 1 is 1.41 bits per heavy atom. The van der Waals surface area contributed by atoms with Crippen molar-refractivity contribution in [3.63, 3.8) is 0 Å². The van der Waals surface area contributed by atoms with Crippen LogP contribution in [-0.2, 0) is 9.47 Å². The Morgan fingerprint density at radius 3 is 2.88 bits per heavy atom. The van der Waals surface area contributed by atoms with Crippen molar-refractivity contribution in [3.8, 4) is 0 Å². The van der Waals surface area contributed by atoms with Gasteiger partial charge < -0.3 is 15.2 Å². The second-order valence-corrected chi connectivity index (χ2v) is 5.60. The molecule has 0 amide bonds. The van der Waals surface area contributed by atoms with Gasteiger partial charge in [-0.05, 0) is 26.7 Å². The number of hydrogen-bond donors (Lipinski definition) is 1. The van der Waals surface area contributed by atoms with Gasteiger partial charge in [0.1, 0.15) is 0 Å². The van der Waals surface area contributed by atoms with Gasteiger partial charge in [0, 0.05) is 44.3 Å². The molecule has 4 heteroatoms. The second-order valence-electron chi connectivity index (χ2n) is 5.60. The third-order valence-electron chi connectivity index (χ3n) is 4.40. The molecule has 0 saturated carbocycles. The topological polar surface area (TPSA) is 47.7 Å². The van der Waals surface area contributed by atoms with Gasteiger partial charge in [0.25, 0.3) is 0 Å². The molecule has 2 saturated heterocycles. The monoisotopic (exact) mass is 242 g/mol. The van der Waals surface area contributed by atoms with E-state index in [-0.39, 0.29) is 5.54 Å². The van der Waals surface area contributed by atoms with Crippen molar-refractivity contribution in [1.82, 2.24) is 4.90 Å². The molecule has 2 fully saturated rings. The summed E-state index contributed by atoms with van der Waals surface area (Å²) in [7, 11) is 0. The van der Waals surface area contributed by atoms with Gasteiger partial charge in [0.05, 0.1) is 12.7 Å². The summed E-state index contributed by atoms with van der Waals surface area (Å²) < 4.78 is 11.3. The van der Waals surface area contributed by atoms with Crippen molar-refractivity contribution < 1.29 is 9.47 Å². The van der Waals surface area contributed by atoms with Crippen molar-refractivity contribution in [2.24, 2.45) is 11.7 Å². The van der Waals surface area contributed by atoms with Gasteiger partial charge in [0.2, 0.25) is 0 Å². The number of ether oxygens (including phenoxy) is 2. The van der Waals surface area contributed by atoms with Crippen molar-refractivity contribution in [1.29, 1.82) is 0 Å². The first-order valence-corrected chi connectivity index (χ1v) is 6.81. The van der Waals surface area contributed by atoms with E-state index in [0.29, 0.717) is 18.6 Å². The van der Waals surface area contributed by atoms with Gasteiger partial charge in [0.15, 0.2) is 0 Å². The summed E-state index contributed by atoms with van der Waals surface area (Å²) in [6.45, 7) is 9.86. The molecule has 0 aromatic carbocycles. The molecule has 0 aromatic heterocycles. The standard InChI is InChI=1S/C13H26N2O2/c1-11-8-15(5-3-6-17-11)13(2,10-14)12-4-7-16-9-12/h11-12H,3-10,14H2,1-2H3. The van der Waals surface area contributed by atoms with Crippen LogP contribution in [0.1, 0.15) is 26.7 Å². The molecule has 2 aliphatic heterocycles. The average molecular weight is 242 g/mol. The minimum atomic E-state index is 0.0679. The quantitative estimate of drug-likeness (QED) is 0.797. The highest BCUT2D eigenvalue weighted by molar-refractivity contribution is 4.96. The summed E-state index contributed by atoms with van der Waals surface area (Å²) in [6, 6.07) is 0. The second kappa shape index (κ2) is 5.65. The average Bonchev–Trinajstić information content (AvgIpc) is 2.78. The van der Waals surface area contributed by atoms with Gasteiger partial charge in [-0.3, -0.25) is 4.90 Å². The molecule has 3 atom stereocenters. The van der Waals surface area contributed by atoms with E-state index in [2.05, 4.69) is 18.7 Å². The first-order chi connectivity index (χ1) is 8.16. The van der Waals surface area contributed by atoms with Crippen LogP contribution in [0.25, 0.3) is 0 Å². The van der Waals surface area contributed by atoms with Crippen LogP contribution in [0.15, 0.2) is 0 Å². The molecule has 0 bridgehead atoms. The molecule has 100 valence electrons. The first-order valence-electron chi connectivity index (χ1n) is 6.81. The third-order valence-corrected chi connectivity index (χ3v) is 4.40. The number of hydrogen-bond acceptors (Lipinski definition) is 4. The SMILES string of the molecule is CC1CN(C(C)(CN)C2CCOC2)CCCO1. The molecular weight excluding hydrogens is 216 g/mol. The molecule has 4 nitrogen and oxygen atoms in total. The van der Waals surface area contributed by atoms with Crippen LogP contribution in [0.5, 0.6) is 0 Å². The van der Waals surface area contributed by atoms with Crippen LogP contribution in [0.2, 0.25) is 0 Å². The molecule has 0 spiro atoms. The summed E-state index contributed by atoms with van der Waals surface area (Å²) in [5.74, 6) is 0.567. The maximum Gasteiger partial charge on any atom is 0.0674 e. The summed E-state index contributed by atoms with van der Waals surface area (Å²) >= 11 is 0. The van der Waals surface area contributed by atoms with Crippen molar-refractivity contribution >= 4 is 0 Å². The lowest BCUT2D eigenvalue weighted by atomic mass is 9.83. The van der Waals surface area contributed by atoms with Crippen LogP contribution < -0.4 is 5.73 Å². The fourth-order valence-corrected chi connectivity index (χ4v) is 3.04. The van der Waals surface area contributed by atoms with E-state index < -0.39 is 0 Å². The fourth-order valence-electron chi connectivity index (χ4n) is 3.04. The predicted octanol–water partition coefficient (Wildman–Crippen LogP) is 0.851. The molecule has 0 aliphatic carbocycles. The molecule has 2 rings (SSSR count). The zero-order valence-corrected chi connectivity index (χ0v) is 11.2. The Bertz CT molecular complexity index is 244. The Morgan fingerprint density at radius 2 is 2.24 bits per heavy atom. The third kappa shape index (κ3) is 2.81. The summed E-state index contributed by atoms with van der Waals surface area (Å²) in [5, 5.41) is 0. The predicted molar refractivity (Wildman–Crippen MR) is 68.0 cm³/mol. The first kappa shape index (κ1) is 13.3. The number of nitrogens with zero attached hydrogens (tertiary/aromatic N) is 1. The van der Waals surface area contributed by atoms with Crippen LogP contribution in [0.4, 0.5) is 0 Å².